The molecule has 2 N–H and O–H groups in total. The molecule has 5 heteroatoms. The number of piperidine rings is 1. The van der Waals surface area contributed by atoms with Gasteiger partial charge in [0.1, 0.15) is 12.4 Å². The van der Waals surface area contributed by atoms with Crippen molar-refractivity contribution in [1.29, 1.82) is 0 Å². The number of nitrogens with zero attached hydrogens (tertiary/aromatic N) is 2. The number of aliphatic imine (C=N–C) groups is 1. The molecule has 1 aliphatic rings. The third kappa shape index (κ3) is 6.78. The molecule has 5 nitrogen and oxygen atoms in total. The number of benzene rings is 1. The third-order valence-electron chi connectivity index (χ3n) is 4.36. The quantitative estimate of drug-likeness (QED) is 0.432. The predicted molar refractivity (Wildman–Crippen MR) is 105 cm³/mol. The molecule has 1 aromatic carbocycles. The van der Waals surface area contributed by atoms with E-state index in [2.05, 4.69) is 42.2 Å². The third-order valence-corrected chi connectivity index (χ3v) is 4.36. The molecular weight excluding hydrogens is 312 g/mol. The van der Waals surface area contributed by atoms with E-state index >= 15 is 0 Å². The molecule has 1 saturated heterocycles. The van der Waals surface area contributed by atoms with E-state index in [9.17, 15) is 0 Å². The van der Waals surface area contributed by atoms with Gasteiger partial charge in [0.15, 0.2) is 5.96 Å². The fourth-order valence-corrected chi connectivity index (χ4v) is 3.11. The smallest absolute Gasteiger partial charge is 0.191 e. The van der Waals surface area contributed by atoms with Crippen LogP contribution in [0, 0.1) is 5.92 Å². The molecule has 1 heterocycles. The van der Waals surface area contributed by atoms with Crippen molar-refractivity contribution in [2.24, 2.45) is 10.9 Å². The maximum absolute atomic E-state index is 5.71. The first-order valence-corrected chi connectivity index (χ1v) is 9.25. The molecule has 0 amide bonds. The Morgan fingerprint density at radius 1 is 1.40 bits per heavy atom. The second kappa shape index (κ2) is 10.8. The highest BCUT2D eigenvalue weighted by molar-refractivity contribution is 5.79. The number of rotatable bonds is 8. The lowest BCUT2D eigenvalue weighted by molar-refractivity contribution is 0.210. The zero-order chi connectivity index (χ0) is 17.9. The van der Waals surface area contributed by atoms with E-state index in [0.29, 0.717) is 19.1 Å². The van der Waals surface area contributed by atoms with Crippen molar-refractivity contribution in [1.82, 2.24) is 15.5 Å². The minimum atomic E-state index is 0.508. The largest absolute Gasteiger partial charge is 0.489 e. The van der Waals surface area contributed by atoms with Gasteiger partial charge in [0.2, 0.25) is 0 Å². The molecule has 25 heavy (non-hydrogen) atoms. The number of likely N-dealkylation sites (tertiary alicyclic amines) is 1. The molecule has 1 aromatic rings. The first kappa shape index (κ1) is 19.3. The molecule has 138 valence electrons. The van der Waals surface area contributed by atoms with Crippen LogP contribution in [0.1, 0.15) is 25.3 Å². The van der Waals surface area contributed by atoms with Crippen molar-refractivity contribution in [2.75, 3.05) is 39.8 Å². The highest BCUT2D eigenvalue weighted by atomic mass is 16.5. The number of hydrogen-bond acceptors (Lipinski definition) is 3. The number of guanidine groups is 1. The van der Waals surface area contributed by atoms with Crippen molar-refractivity contribution in [3.63, 3.8) is 0 Å². The van der Waals surface area contributed by atoms with Gasteiger partial charge in [-0.1, -0.05) is 30.9 Å². The fourth-order valence-electron chi connectivity index (χ4n) is 3.11. The van der Waals surface area contributed by atoms with E-state index in [0.717, 1.165) is 36.9 Å². The van der Waals surface area contributed by atoms with Crippen molar-refractivity contribution in [3.8, 4) is 5.75 Å². The Hall–Kier alpha value is -2.01. The first-order valence-electron chi connectivity index (χ1n) is 9.25. The Morgan fingerprint density at radius 3 is 3.00 bits per heavy atom. The Bertz CT molecular complexity index is 558. The van der Waals surface area contributed by atoms with Gasteiger partial charge in [0.25, 0.3) is 0 Å². The summed E-state index contributed by atoms with van der Waals surface area (Å²) in [5.74, 6) is 2.43. The second-order valence-electron chi connectivity index (χ2n) is 6.55. The zero-order valence-electron chi connectivity index (χ0n) is 15.6. The maximum Gasteiger partial charge on any atom is 0.191 e. The molecule has 2 rings (SSSR count). The molecule has 0 radical (unpaired) electrons. The van der Waals surface area contributed by atoms with Crippen LogP contribution in [-0.2, 0) is 6.54 Å². The lowest BCUT2D eigenvalue weighted by atomic mass is 9.99. The number of nitrogens with one attached hydrogen (secondary N) is 2. The Labute approximate surface area is 152 Å². The molecule has 1 aliphatic heterocycles. The number of ether oxygens (including phenoxy) is 1. The van der Waals surface area contributed by atoms with Gasteiger partial charge in [-0.2, -0.15) is 0 Å². The van der Waals surface area contributed by atoms with E-state index in [1.165, 1.54) is 19.4 Å². The summed E-state index contributed by atoms with van der Waals surface area (Å²) in [4.78, 5) is 7.14. The van der Waals surface area contributed by atoms with Crippen LogP contribution in [0.4, 0.5) is 0 Å². The summed E-state index contributed by atoms with van der Waals surface area (Å²) in [6.07, 6.45) is 4.33. The molecule has 1 unspecified atom stereocenters. The summed E-state index contributed by atoms with van der Waals surface area (Å²) in [6, 6.07) is 8.03. The van der Waals surface area contributed by atoms with Gasteiger partial charge in [0, 0.05) is 25.2 Å². The normalized spacial score (nSPS) is 18.6. The van der Waals surface area contributed by atoms with Crippen LogP contribution in [0.3, 0.4) is 0 Å². The molecular formula is C20H32N4O. The summed E-state index contributed by atoms with van der Waals surface area (Å²) >= 11 is 0. The molecule has 0 bridgehead atoms. The van der Waals surface area contributed by atoms with Gasteiger partial charge in [-0.05, 0) is 45.3 Å². The van der Waals surface area contributed by atoms with Crippen LogP contribution in [0.2, 0.25) is 0 Å². The maximum atomic E-state index is 5.71. The standard InChI is InChI=1S/C20H32N4O/c1-4-13-25-19-11-7-6-10-18(19)15-23-20(21-5-2)22-14-17-9-8-12-24(3)16-17/h4,6-7,10-11,17H,1,5,8-9,12-16H2,2-3H3,(H2,21,22,23). The van der Waals surface area contributed by atoms with Crippen LogP contribution < -0.4 is 15.4 Å². The van der Waals surface area contributed by atoms with Crippen molar-refractivity contribution < 1.29 is 4.74 Å². The number of hydrogen-bond donors (Lipinski definition) is 2. The van der Waals surface area contributed by atoms with Crippen LogP contribution in [-0.4, -0.2) is 50.7 Å². The predicted octanol–water partition coefficient (Wildman–Crippen LogP) is 2.65. The van der Waals surface area contributed by atoms with E-state index < -0.39 is 0 Å². The fraction of sp³-hybridized carbons (Fsp3) is 0.550. The van der Waals surface area contributed by atoms with Crippen molar-refractivity contribution >= 4 is 5.96 Å². The van der Waals surface area contributed by atoms with Crippen LogP contribution >= 0.6 is 0 Å². The molecule has 0 saturated carbocycles. The highest BCUT2D eigenvalue weighted by Gasteiger charge is 2.17. The van der Waals surface area contributed by atoms with E-state index in [1.54, 1.807) is 6.08 Å². The molecule has 0 aliphatic carbocycles. The Balaban J connectivity index is 1.93. The summed E-state index contributed by atoms with van der Waals surface area (Å²) in [7, 11) is 2.20. The minimum absolute atomic E-state index is 0.508. The van der Waals surface area contributed by atoms with Gasteiger partial charge >= 0.3 is 0 Å². The summed E-state index contributed by atoms with van der Waals surface area (Å²) < 4.78 is 5.71. The van der Waals surface area contributed by atoms with Gasteiger partial charge in [-0.15, -0.1) is 0 Å². The zero-order valence-corrected chi connectivity index (χ0v) is 15.6. The van der Waals surface area contributed by atoms with E-state index in [-0.39, 0.29) is 0 Å². The van der Waals surface area contributed by atoms with Gasteiger partial charge in [-0.25, -0.2) is 4.99 Å². The summed E-state index contributed by atoms with van der Waals surface area (Å²) in [5.41, 5.74) is 1.08. The van der Waals surface area contributed by atoms with Gasteiger partial charge in [0.05, 0.1) is 6.54 Å². The Kier molecular flexibility index (Phi) is 8.32. The molecule has 1 atom stereocenters. The minimum Gasteiger partial charge on any atom is -0.489 e. The molecule has 1 fully saturated rings. The Morgan fingerprint density at radius 2 is 2.24 bits per heavy atom. The highest BCUT2D eigenvalue weighted by Crippen LogP contribution is 2.19. The number of para-hydroxylation sites is 1. The molecule has 0 aromatic heterocycles. The van der Waals surface area contributed by atoms with Gasteiger partial charge < -0.3 is 20.3 Å². The SMILES string of the molecule is C=CCOc1ccccc1CN=C(NCC)NCC1CCCN(C)C1. The monoisotopic (exact) mass is 344 g/mol. The average Bonchev–Trinajstić information content (AvgIpc) is 2.63. The van der Waals surface area contributed by atoms with Crippen molar-refractivity contribution in [2.45, 2.75) is 26.3 Å². The average molecular weight is 345 g/mol. The topological polar surface area (TPSA) is 48.9 Å². The molecule has 0 spiro atoms. The second-order valence-corrected chi connectivity index (χ2v) is 6.55. The van der Waals surface area contributed by atoms with Crippen LogP contribution in [0.5, 0.6) is 5.75 Å². The van der Waals surface area contributed by atoms with Crippen LogP contribution in [0.15, 0.2) is 41.9 Å². The van der Waals surface area contributed by atoms with E-state index in [1.807, 2.05) is 18.2 Å². The van der Waals surface area contributed by atoms with Crippen molar-refractivity contribution in [3.05, 3.63) is 42.5 Å². The first-order chi connectivity index (χ1) is 12.2. The van der Waals surface area contributed by atoms with Crippen LogP contribution in [0.25, 0.3) is 0 Å². The van der Waals surface area contributed by atoms with Gasteiger partial charge in [-0.3, -0.25) is 0 Å². The summed E-state index contributed by atoms with van der Waals surface area (Å²) in [5, 5.41) is 6.83. The van der Waals surface area contributed by atoms with E-state index in [4.69, 9.17) is 9.73 Å². The lowest BCUT2D eigenvalue weighted by Gasteiger charge is -2.30. The summed E-state index contributed by atoms with van der Waals surface area (Å²) in [6.45, 7) is 11.1. The lowest BCUT2D eigenvalue weighted by Crippen LogP contribution is -2.43.